The normalized spacial score (nSPS) is 15.7. The molecular formula is C13H26O2. The summed E-state index contributed by atoms with van der Waals surface area (Å²) in [6, 6.07) is 0. The summed E-state index contributed by atoms with van der Waals surface area (Å²) in [5.74, 6) is 0. The molecule has 2 nitrogen and oxygen atoms in total. The number of hydrogen-bond acceptors (Lipinski definition) is 2. The van der Waals surface area contributed by atoms with Crippen molar-refractivity contribution in [3.8, 4) is 0 Å². The maximum absolute atomic E-state index is 5.82. The molecule has 0 radical (unpaired) electrons. The summed E-state index contributed by atoms with van der Waals surface area (Å²) in [4.78, 5) is 0. The van der Waals surface area contributed by atoms with E-state index in [1.807, 2.05) is 20.8 Å². The summed E-state index contributed by atoms with van der Waals surface area (Å²) in [5.41, 5.74) is 0. The van der Waals surface area contributed by atoms with Gasteiger partial charge in [0, 0.05) is 6.61 Å². The van der Waals surface area contributed by atoms with Crippen LogP contribution in [-0.2, 0) is 9.47 Å². The molecule has 0 saturated heterocycles. The Morgan fingerprint density at radius 3 is 2.53 bits per heavy atom. The largest absolute Gasteiger partial charge is 0.353 e. The van der Waals surface area contributed by atoms with E-state index in [-0.39, 0.29) is 6.29 Å². The van der Waals surface area contributed by atoms with E-state index < -0.39 is 0 Å². The summed E-state index contributed by atoms with van der Waals surface area (Å²) < 4.78 is 11.2. The Morgan fingerprint density at radius 1 is 1.27 bits per heavy atom. The lowest BCUT2D eigenvalue weighted by atomic mass is 10.1. The molecule has 0 N–H and O–H groups in total. The van der Waals surface area contributed by atoms with Crippen LogP contribution in [0.25, 0.3) is 0 Å². The van der Waals surface area contributed by atoms with Gasteiger partial charge in [-0.2, -0.15) is 0 Å². The van der Waals surface area contributed by atoms with Gasteiger partial charge in [-0.15, -0.1) is 0 Å². The van der Waals surface area contributed by atoms with E-state index in [1.165, 1.54) is 12.8 Å². The van der Waals surface area contributed by atoms with Crippen LogP contribution in [0.3, 0.4) is 0 Å². The highest BCUT2D eigenvalue weighted by Gasteiger charge is 2.11. The van der Waals surface area contributed by atoms with Crippen molar-refractivity contribution in [2.24, 2.45) is 0 Å². The van der Waals surface area contributed by atoms with Crippen molar-refractivity contribution < 1.29 is 9.47 Å². The van der Waals surface area contributed by atoms with E-state index in [9.17, 15) is 0 Å². The molecule has 0 aliphatic heterocycles. The van der Waals surface area contributed by atoms with Gasteiger partial charge in [-0.1, -0.05) is 31.9 Å². The van der Waals surface area contributed by atoms with E-state index >= 15 is 0 Å². The third-order valence-corrected chi connectivity index (χ3v) is 2.30. The van der Waals surface area contributed by atoms with Crippen LogP contribution >= 0.6 is 0 Å². The number of hydrogen-bond donors (Lipinski definition) is 0. The zero-order valence-corrected chi connectivity index (χ0v) is 10.7. The topological polar surface area (TPSA) is 18.5 Å². The second kappa shape index (κ2) is 10.2. The average Bonchev–Trinajstić information content (AvgIpc) is 2.22. The predicted molar refractivity (Wildman–Crippen MR) is 64.9 cm³/mol. The molecule has 2 atom stereocenters. The zero-order chi connectivity index (χ0) is 11.5. The van der Waals surface area contributed by atoms with Gasteiger partial charge in [0.15, 0.2) is 6.29 Å². The minimum Gasteiger partial charge on any atom is -0.353 e. The van der Waals surface area contributed by atoms with Crippen LogP contribution < -0.4 is 0 Å². The van der Waals surface area contributed by atoms with Crippen molar-refractivity contribution in [3.05, 3.63) is 12.2 Å². The number of allylic oxidation sites excluding steroid dienone is 1. The lowest BCUT2D eigenvalue weighted by molar-refractivity contribution is -0.158. The van der Waals surface area contributed by atoms with Gasteiger partial charge in [-0.25, -0.2) is 0 Å². The fourth-order valence-corrected chi connectivity index (χ4v) is 1.51. The number of unbranched alkanes of at least 4 members (excludes halogenated alkanes) is 1. The molecule has 90 valence electrons. The van der Waals surface area contributed by atoms with Gasteiger partial charge >= 0.3 is 0 Å². The Morgan fingerprint density at radius 2 is 2.00 bits per heavy atom. The minimum atomic E-state index is -0.0814. The lowest BCUT2D eigenvalue weighted by Gasteiger charge is -2.21. The highest BCUT2D eigenvalue weighted by molar-refractivity contribution is 4.80. The van der Waals surface area contributed by atoms with Crippen molar-refractivity contribution in [2.75, 3.05) is 6.61 Å². The van der Waals surface area contributed by atoms with Gasteiger partial charge in [0.1, 0.15) is 0 Å². The van der Waals surface area contributed by atoms with Gasteiger partial charge in [0.25, 0.3) is 0 Å². The Bertz CT molecular complexity index is 155. The van der Waals surface area contributed by atoms with E-state index in [0.717, 1.165) is 12.8 Å². The second-order valence-electron chi connectivity index (χ2n) is 3.73. The number of ether oxygens (including phenoxy) is 2. The van der Waals surface area contributed by atoms with Crippen LogP contribution in [0.15, 0.2) is 12.2 Å². The summed E-state index contributed by atoms with van der Waals surface area (Å²) in [6.45, 7) is 8.93. The van der Waals surface area contributed by atoms with Gasteiger partial charge in [0.2, 0.25) is 0 Å². The first-order valence-electron chi connectivity index (χ1n) is 6.12. The van der Waals surface area contributed by atoms with Crippen molar-refractivity contribution >= 4 is 0 Å². The molecule has 0 aromatic carbocycles. The molecule has 0 spiro atoms. The Kier molecular flexibility index (Phi) is 9.96. The highest BCUT2D eigenvalue weighted by Crippen LogP contribution is 2.12. The van der Waals surface area contributed by atoms with Gasteiger partial charge < -0.3 is 9.47 Å². The van der Waals surface area contributed by atoms with Crippen LogP contribution in [0.1, 0.15) is 53.4 Å². The molecule has 0 amide bonds. The lowest BCUT2D eigenvalue weighted by Crippen LogP contribution is -2.22. The Balaban J connectivity index is 3.87. The molecule has 0 heterocycles. The maximum atomic E-state index is 5.82. The third kappa shape index (κ3) is 8.64. The van der Waals surface area contributed by atoms with E-state index in [1.54, 1.807) is 0 Å². The van der Waals surface area contributed by atoms with Gasteiger partial charge in [0.05, 0.1) is 6.10 Å². The second-order valence-corrected chi connectivity index (χ2v) is 3.73. The molecule has 2 heteroatoms. The summed E-state index contributed by atoms with van der Waals surface area (Å²) in [6.07, 6.45) is 9.03. The molecule has 15 heavy (non-hydrogen) atoms. The van der Waals surface area contributed by atoms with E-state index in [0.29, 0.717) is 12.7 Å². The maximum Gasteiger partial charge on any atom is 0.155 e. The molecule has 0 rings (SSSR count). The molecule has 0 saturated carbocycles. The van der Waals surface area contributed by atoms with Crippen LogP contribution in [0.2, 0.25) is 0 Å². The van der Waals surface area contributed by atoms with Crippen molar-refractivity contribution in [2.45, 2.75) is 65.8 Å². The van der Waals surface area contributed by atoms with Crippen LogP contribution in [0.4, 0.5) is 0 Å². The smallest absolute Gasteiger partial charge is 0.155 e. The molecule has 0 aliphatic carbocycles. The first-order chi connectivity index (χ1) is 7.24. The minimum absolute atomic E-state index is 0.0814. The summed E-state index contributed by atoms with van der Waals surface area (Å²) in [7, 11) is 0. The third-order valence-electron chi connectivity index (χ3n) is 2.30. The standard InChI is InChI=1S/C13H26O2/c1-5-8-10-13(11-9-6-2)15-12(4)14-7-3/h5,8,12-13H,6-7,9-11H2,1-4H3/b8-5+. The fourth-order valence-electron chi connectivity index (χ4n) is 1.51. The van der Waals surface area contributed by atoms with Crippen LogP contribution in [-0.4, -0.2) is 19.0 Å². The molecule has 2 unspecified atom stereocenters. The Labute approximate surface area is 94.7 Å². The molecule has 0 aliphatic rings. The SMILES string of the molecule is C/C=C/CC(CCCC)OC(C)OCC. The zero-order valence-electron chi connectivity index (χ0n) is 10.7. The van der Waals surface area contributed by atoms with Crippen molar-refractivity contribution in [1.82, 2.24) is 0 Å². The quantitative estimate of drug-likeness (QED) is 0.428. The monoisotopic (exact) mass is 214 g/mol. The van der Waals surface area contributed by atoms with Gasteiger partial charge in [-0.05, 0) is 33.6 Å². The molecule has 0 aromatic heterocycles. The van der Waals surface area contributed by atoms with Crippen molar-refractivity contribution in [3.63, 3.8) is 0 Å². The van der Waals surface area contributed by atoms with Crippen LogP contribution in [0.5, 0.6) is 0 Å². The summed E-state index contributed by atoms with van der Waals surface area (Å²) in [5, 5.41) is 0. The van der Waals surface area contributed by atoms with E-state index in [2.05, 4.69) is 19.1 Å². The first-order valence-corrected chi connectivity index (χ1v) is 6.12. The predicted octanol–water partition coefficient (Wildman–Crippen LogP) is 3.91. The average molecular weight is 214 g/mol. The van der Waals surface area contributed by atoms with Gasteiger partial charge in [-0.3, -0.25) is 0 Å². The summed E-state index contributed by atoms with van der Waals surface area (Å²) >= 11 is 0. The molecule has 0 bridgehead atoms. The first kappa shape index (κ1) is 14.7. The Hall–Kier alpha value is -0.340. The number of rotatable bonds is 9. The molecule has 0 aromatic rings. The molecule has 0 fully saturated rings. The fraction of sp³-hybridized carbons (Fsp3) is 0.846. The van der Waals surface area contributed by atoms with E-state index in [4.69, 9.17) is 9.47 Å². The highest BCUT2D eigenvalue weighted by atomic mass is 16.7. The van der Waals surface area contributed by atoms with Crippen molar-refractivity contribution in [1.29, 1.82) is 0 Å². The molecular weight excluding hydrogens is 188 g/mol. The van der Waals surface area contributed by atoms with Crippen LogP contribution in [0, 0.1) is 0 Å².